The third-order valence-electron chi connectivity index (χ3n) is 5.05. The molecule has 1 fully saturated rings. The second kappa shape index (κ2) is 9.38. The van der Waals surface area contributed by atoms with Crippen molar-refractivity contribution in [2.75, 3.05) is 13.2 Å². The van der Waals surface area contributed by atoms with Crippen molar-refractivity contribution in [3.8, 4) is 17.1 Å². The summed E-state index contributed by atoms with van der Waals surface area (Å²) in [6.07, 6.45) is -3.01. The van der Waals surface area contributed by atoms with E-state index in [2.05, 4.69) is 10.6 Å². The van der Waals surface area contributed by atoms with Gasteiger partial charge in [0, 0.05) is 12.1 Å². The minimum absolute atomic E-state index is 0.00674. The maximum atomic E-state index is 13.3. The SMILES string of the molecule is O=C(NCCOc1cc(C(F)(F)F)ccc1-c1cc(=O)c2cccc(Cl)c2o1)C(=O)NC1CC1. The highest BCUT2D eigenvalue weighted by molar-refractivity contribution is 6.35. The Morgan fingerprint density at radius 1 is 1.12 bits per heavy atom. The average molecular weight is 495 g/mol. The maximum absolute atomic E-state index is 13.3. The van der Waals surface area contributed by atoms with Gasteiger partial charge >= 0.3 is 18.0 Å². The number of ether oxygens (including phenoxy) is 1. The van der Waals surface area contributed by atoms with Crippen LogP contribution in [0.1, 0.15) is 18.4 Å². The Balaban J connectivity index is 1.58. The van der Waals surface area contributed by atoms with Gasteiger partial charge in [0.15, 0.2) is 11.0 Å². The second-order valence-electron chi connectivity index (χ2n) is 7.65. The summed E-state index contributed by atoms with van der Waals surface area (Å²) >= 11 is 6.12. The first kappa shape index (κ1) is 23.6. The molecule has 0 spiro atoms. The lowest BCUT2D eigenvalue weighted by Gasteiger charge is -2.15. The van der Waals surface area contributed by atoms with Crippen LogP contribution in [0.4, 0.5) is 13.2 Å². The van der Waals surface area contributed by atoms with E-state index in [4.69, 9.17) is 20.8 Å². The summed E-state index contributed by atoms with van der Waals surface area (Å²) in [5, 5.41) is 5.25. The molecule has 2 aromatic carbocycles. The highest BCUT2D eigenvalue weighted by Crippen LogP contribution is 2.38. The monoisotopic (exact) mass is 494 g/mol. The molecular formula is C23H18ClF3N2O5. The second-order valence-corrected chi connectivity index (χ2v) is 8.06. The number of rotatable bonds is 6. The highest BCUT2D eigenvalue weighted by Gasteiger charge is 2.32. The van der Waals surface area contributed by atoms with Gasteiger partial charge in [0.05, 0.1) is 28.1 Å². The summed E-state index contributed by atoms with van der Waals surface area (Å²) in [6, 6.07) is 8.49. The summed E-state index contributed by atoms with van der Waals surface area (Å²) in [6.45, 7) is -0.380. The van der Waals surface area contributed by atoms with E-state index in [0.717, 1.165) is 37.1 Å². The molecule has 2 amide bonds. The van der Waals surface area contributed by atoms with Crippen molar-refractivity contribution >= 4 is 34.4 Å². The molecule has 11 heteroatoms. The molecule has 2 N–H and O–H groups in total. The molecule has 1 saturated carbocycles. The Morgan fingerprint density at radius 2 is 1.88 bits per heavy atom. The Hall–Kier alpha value is -3.53. The van der Waals surface area contributed by atoms with E-state index in [0.29, 0.717) is 0 Å². The number of nitrogens with one attached hydrogen (secondary N) is 2. The first-order valence-electron chi connectivity index (χ1n) is 10.3. The lowest BCUT2D eigenvalue weighted by molar-refractivity contribution is -0.139. The number of para-hydroxylation sites is 1. The number of hydrogen-bond acceptors (Lipinski definition) is 5. The number of carbonyl (C=O) groups is 2. The fraction of sp³-hybridized carbons (Fsp3) is 0.261. The van der Waals surface area contributed by atoms with Crippen molar-refractivity contribution in [3.63, 3.8) is 0 Å². The Labute approximate surface area is 195 Å². The molecule has 0 atom stereocenters. The zero-order chi connectivity index (χ0) is 24.5. The average Bonchev–Trinajstić information content (AvgIpc) is 3.60. The highest BCUT2D eigenvalue weighted by atomic mass is 35.5. The Bertz CT molecular complexity index is 1320. The van der Waals surface area contributed by atoms with Crippen molar-refractivity contribution in [1.82, 2.24) is 10.6 Å². The predicted octanol–water partition coefficient (Wildman–Crippen LogP) is 3.91. The summed E-state index contributed by atoms with van der Waals surface area (Å²) in [4.78, 5) is 36.0. The molecule has 4 rings (SSSR count). The van der Waals surface area contributed by atoms with Crippen LogP contribution in [-0.2, 0) is 15.8 Å². The topological polar surface area (TPSA) is 97.6 Å². The molecule has 0 aliphatic heterocycles. The molecule has 0 unspecified atom stereocenters. The van der Waals surface area contributed by atoms with Gasteiger partial charge in [-0.15, -0.1) is 0 Å². The van der Waals surface area contributed by atoms with Gasteiger partial charge in [0.1, 0.15) is 18.1 Å². The number of amides is 2. The number of fused-ring (bicyclic) bond motifs is 1. The molecule has 0 saturated heterocycles. The van der Waals surface area contributed by atoms with Crippen molar-refractivity contribution < 1.29 is 31.9 Å². The molecule has 1 heterocycles. The quantitative estimate of drug-likeness (QED) is 0.400. The summed E-state index contributed by atoms with van der Waals surface area (Å²) in [5.74, 6) is -1.91. The van der Waals surface area contributed by atoms with Crippen LogP contribution in [0.3, 0.4) is 0 Å². The predicted molar refractivity (Wildman–Crippen MR) is 118 cm³/mol. The molecule has 7 nitrogen and oxygen atoms in total. The fourth-order valence-electron chi connectivity index (χ4n) is 3.18. The fourth-order valence-corrected chi connectivity index (χ4v) is 3.39. The van der Waals surface area contributed by atoms with E-state index in [1.54, 1.807) is 6.07 Å². The maximum Gasteiger partial charge on any atom is 0.416 e. The molecule has 34 heavy (non-hydrogen) atoms. The minimum atomic E-state index is -4.64. The van der Waals surface area contributed by atoms with Crippen molar-refractivity contribution in [2.24, 2.45) is 0 Å². The van der Waals surface area contributed by atoms with Gasteiger partial charge < -0.3 is 19.8 Å². The van der Waals surface area contributed by atoms with Gasteiger partial charge in [-0.05, 0) is 43.2 Å². The van der Waals surface area contributed by atoms with Gasteiger partial charge in [0.25, 0.3) is 0 Å². The number of hydrogen-bond donors (Lipinski definition) is 2. The van der Waals surface area contributed by atoms with Gasteiger partial charge in [-0.25, -0.2) is 0 Å². The van der Waals surface area contributed by atoms with Crippen LogP contribution >= 0.6 is 11.6 Å². The molecule has 0 bridgehead atoms. The van der Waals surface area contributed by atoms with Crippen LogP contribution in [0, 0.1) is 0 Å². The summed E-state index contributed by atoms with van der Waals surface area (Å²) in [7, 11) is 0. The van der Waals surface area contributed by atoms with Crippen LogP contribution in [0.25, 0.3) is 22.3 Å². The molecule has 1 aliphatic rings. The normalized spacial score (nSPS) is 13.5. The van der Waals surface area contributed by atoms with Crippen molar-refractivity contribution in [2.45, 2.75) is 25.1 Å². The largest absolute Gasteiger partial charge is 0.491 e. The molecule has 1 aromatic heterocycles. The Kier molecular flexibility index (Phi) is 6.52. The van der Waals surface area contributed by atoms with Crippen LogP contribution in [-0.4, -0.2) is 31.0 Å². The van der Waals surface area contributed by atoms with E-state index in [1.807, 2.05) is 0 Å². The van der Waals surface area contributed by atoms with E-state index in [9.17, 15) is 27.6 Å². The first-order valence-corrected chi connectivity index (χ1v) is 10.7. The van der Waals surface area contributed by atoms with E-state index < -0.39 is 29.0 Å². The van der Waals surface area contributed by atoms with Crippen LogP contribution in [0.5, 0.6) is 5.75 Å². The Morgan fingerprint density at radius 3 is 2.59 bits per heavy atom. The number of alkyl halides is 3. The lowest BCUT2D eigenvalue weighted by atomic mass is 10.1. The molecule has 178 valence electrons. The van der Waals surface area contributed by atoms with Crippen LogP contribution in [0.2, 0.25) is 5.02 Å². The third kappa shape index (κ3) is 5.33. The third-order valence-corrected chi connectivity index (χ3v) is 5.34. The van der Waals surface area contributed by atoms with E-state index >= 15 is 0 Å². The van der Waals surface area contributed by atoms with Crippen LogP contribution in [0.15, 0.2) is 51.7 Å². The van der Waals surface area contributed by atoms with Gasteiger partial charge in [-0.1, -0.05) is 17.7 Å². The summed E-state index contributed by atoms with van der Waals surface area (Å²) in [5.41, 5.74) is -1.23. The number of halogens is 4. The number of benzene rings is 2. The van der Waals surface area contributed by atoms with Crippen molar-refractivity contribution in [1.29, 1.82) is 0 Å². The van der Waals surface area contributed by atoms with Crippen LogP contribution < -0.4 is 20.8 Å². The van der Waals surface area contributed by atoms with Crippen molar-refractivity contribution in [3.05, 3.63) is 63.3 Å². The number of carbonyl (C=O) groups excluding carboxylic acids is 2. The first-order chi connectivity index (χ1) is 16.1. The van der Waals surface area contributed by atoms with E-state index in [1.165, 1.54) is 12.1 Å². The standard InChI is InChI=1S/C23H18ClF3N2O5/c24-16-3-1-2-14-17(30)11-19(34-20(14)16)15-7-4-12(23(25,26)27)10-18(15)33-9-8-28-21(31)22(32)29-13-5-6-13/h1-4,7,10-11,13H,5-6,8-9H2,(H,28,31)(H,29,32). The van der Waals surface area contributed by atoms with Gasteiger partial charge in [-0.2, -0.15) is 13.2 Å². The van der Waals surface area contributed by atoms with E-state index in [-0.39, 0.29) is 52.3 Å². The smallest absolute Gasteiger partial charge is 0.416 e. The van der Waals surface area contributed by atoms with Gasteiger partial charge in [0.2, 0.25) is 0 Å². The molecule has 1 aliphatic carbocycles. The zero-order valence-corrected chi connectivity index (χ0v) is 18.3. The lowest BCUT2D eigenvalue weighted by Crippen LogP contribution is -2.42. The molecule has 0 radical (unpaired) electrons. The molecule has 3 aromatic rings. The van der Waals surface area contributed by atoms with Gasteiger partial charge in [-0.3, -0.25) is 14.4 Å². The molecular weight excluding hydrogens is 477 g/mol. The minimum Gasteiger partial charge on any atom is -0.491 e. The summed E-state index contributed by atoms with van der Waals surface area (Å²) < 4.78 is 51.0. The zero-order valence-electron chi connectivity index (χ0n) is 17.5.